The molecule has 0 saturated heterocycles. The zero-order valence-corrected chi connectivity index (χ0v) is 8.90. The largest absolute Gasteiger partial charge is 0.504 e. The van der Waals surface area contributed by atoms with Crippen molar-refractivity contribution in [2.45, 2.75) is 13.3 Å². The first kappa shape index (κ1) is 11.4. The Bertz CT molecular complexity index is 363. The van der Waals surface area contributed by atoms with Crippen LogP contribution in [0.4, 0.5) is 0 Å². The number of carbonyl (C=O) groups excluding carboxylic acids is 1. The van der Waals surface area contributed by atoms with E-state index in [0.717, 1.165) is 5.56 Å². The second-order valence-electron chi connectivity index (χ2n) is 3.51. The zero-order chi connectivity index (χ0) is 11.4. The molecule has 4 nitrogen and oxygen atoms in total. The Morgan fingerprint density at radius 2 is 2.00 bits per heavy atom. The third kappa shape index (κ3) is 3.16. The minimum atomic E-state index is -0.127. The number of hydrogen-bond acceptors (Lipinski definition) is 3. The molecule has 0 aromatic heterocycles. The van der Waals surface area contributed by atoms with Crippen LogP contribution in [0, 0.1) is 0 Å². The van der Waals surface area contributed by atoms with Gasteiger partial charge in [0.2, 0.25) is 5.91 Å². The summed E-state index contributed by atoms with van der Waals surface area (Å²) in [5, 5.41) is 18.3. The van der Waals surface area contributed by atoms with Gasteiger partial charge in [-0.25, -0.2) is 0 Å². The predicted molar refractivity (Wildman–Crippen MR) is 56.8 cm³/mol. The van der Waals surface area contributed by atoms with E-state index in [1.807, 2.05) is 0 Å². The van der Waals surface area contributed by atoms with E-state index in [-0.39, 0.29) is 17.4 Å². The molecule has 0 atom stereocenters. The molecule has 4 heteroatoms. The molecule has 0 aliphatic carbocycles. The highest BCUT2D eigenvalue weighted by atomic mass is 16.3. The first-order chi connectivity index (χ1) is 7.00. The summed E-state index contributed by atoms with van der Waals surface area (Å²) in [6.07, 6.45) is 0.657. The molecule has 1 amide bonds. The second kappa shape index (κ2) is 4.68. The monoisotopic (exact) mass is 209 g/mol. The van der Waals surface area contributed by atoms with Crippen LogP contribution in [0.15, 0.2) is 18.2 Å². The third-order valence-electron chi connectivity index (χ3n) is 2.31. The van der Waals surface area contributed by atoms with Gasteiger partial charge in [0.25, 0.3) is 0 Å². The maximum absolute atomic E-state index is 10.9. The summed E-state index contributed by atoms with van der Waals surface area (Å²) in [7, 11) is 1.72. The number of aromatic hydroxyl groups is 2. The van der Waals surface area contributed by atoms with E-state index >= 15 is 0 Å². The zero-order valence-electron chi connectivity index (χ0n) is 8.90. The van der Waals surface area contributed by atoms with Gasteiger partial charge in [-0.3, -0.25) is 4.79 Å². The summed E-state index contributed by atoms with van der Waals surface area (Å²) < 4.78 is 0. The summed E-state index contributed by atoms with van der Waals surface area (Å²) >= 11 is 0. The number of benzene rings is 1. The van der Waals surface area contributed by atoms with Crippen molar-refractivity contribution in [2.75, 3.05) is 13.6 Å². The highest BCUT2D eigenvalue weighted by Gasteiger charge is 2.04. The van der Waals surface area contributed by atoms with E-state index in [4.69, 9.17) is 5.11 Å². The molecule has 1 aromatic carbocycles. The van der Waals surface area contributed by atoms with Crippen LogP contribution in [0.3, 0.4) is 0 Å². The van der Waals surface area contributed by atoms with Gasteiger partial charge in [0.05, 0.1) is 0 Å². The Morgan fingerprint density at radius 3 is 2.53 bits per heavy atom. The minimum Gasteiger partial charge on any atom is -0.504 e. The average Bonchev–Trinajstić information content (AvgIpc) is 2.19. The van der Waals surface area contributed by atoms with E-state index in [2.05, 4.69) is 0 Å². The van der Waals surface area contributed by atoms with Crippen LogP contribution in [-0.2, 0) is 11.2 Å². The highest BCUT2D eigenvalue weighted by molar-refractivity contribution is 5.72. The van der Waals surface area contributed by atoms with E-state index in [1.165, 1.54) is 19.1 Å². The van der Waals surface area contributed by atoms with Gasteiger partial charge in [0, 0.05) is 20.5 Å². The Hall–Kier alpha value is -1.71. The summed E-state index contributed by atoms with van der Waals surface area (Å²) in [5.41, 5.74) is 0.887. The van der Waals surface area contributed by atoms with E-state index < -0.39 is 0 Å². The fraction of sp³-hybridized carbons (Fsp3) is 0.364. The molecule has 0 bridgehead atoms. The normalized spacial score (nSPS) is 10.0. The molecule has 82 valence electrons. The molecule has 15 heavy (non-hydrogen) atoms. The number of phenolic OH excluding ortho intramolecular Hbond substituents is 2. The van der Waals surface area contributed by atoms with Crippen LogP contribution >= 0.6 is 0 Å². The van der Waals surface area contributed by atoms with Gasteiger partial charge >= 0.3 is 0 Å². The lowest BCUT2D eigenvalue weighted by Crippen LogP contribution is -2.26. The Kier molecular flexibility index (Phi) is 3.55. The van der Waals surface area contributed by atoms with E-state index in [0.29, 0.717) is 13.0 Å². The van der Waals surface area contributed by atoms with Crippen molar-refractivity contribution in [3.05, 3.63) is 23.8 Å². The Morgan fingerprint density at radius 1 is 1.33 bits per heavy atom. The quantitative estimate of drug-likeness (QED) is 0.733. The van der Waals surface area contributed by atoms with Gasteiger partial charge in [-0.15, -0.1) is 0 Å². The van der Waals surface area contributed by atoms with Gasteiger partial charge in [-0.1, -0.05) is 6.07 Å². The molecule has 1 aromatic rings. The maximum atomic E-state index is 10.9. The van der Waals surface area contributed by atoms with Gasteiger partial charge in [-0.05, 0) is 24.1 Å². The minimum absolute atomic E-state index is 0.0120. The Labute approximate surface area is 88.8 Å². The summed E-state index contributed by atoms with van der Waals surface area (Å²) in [6.45, 7) is 2.11. The van der Waals surface area contributed by atoms with Crippen LogP contribution in [-0.4, -0.2) is 34.6 Å². The molecule has 1 rings (SSSR count). The lowest BCUT2D eigenvalue weighted by atomic mass is 10.1. The maximum Gasteiger partial charge on any atom is 0.219 e. The topological polar surface area (TPSA) is 60.8 Å². The highest BCUT2D eigenvalue weighted by Crippen LogP contribution is 2.24. The second-order valence-corrected chi connectivity index (χ2v) is 3.51. The molecule has 0 unspecified atom stereocenters. The molecule has 2 N–H and O–H groups in total. The summed E-state index contributed by atoms with van der Waals surface area (Å²) in [5.74, 6) is -0.241. The van der Waals surface area contributed by atoms with Gasteiger partial charge in [0.1, 0.15) is 0 Å². The third-order valence-corrected chi connectivity index (χ3v) is 2.31. The van der Waals surface area contributed by atoms with Crippen molar-refractivity contribution in [1.82, 2.24) is 4.90 Å². The van der Waals surface area contributed by atoms with Crippen molar-refractivity contribution in [3.63, 3.8) is 0 Å². The fourth-order valence-corrected chi connectivity index (χ4v) is 1.18. The van der Waals surface area contributed by atoms with Crippen LogP contribution in [0.1, 0.15) is 12.5 Å². The van der Waals surface area contributed by atoms with Crippen molar-refractivity contribution in [2.24, 2.45) is 0 Å². The number of rotatable bonds is 3. The van der Waals surface area contributed by atoms with Crippen molar-refractivity contribution in [1.29, 1.82) is 0 Å². The number of amides is 1. The van der Waals surface area contributed by atoms with E-state index in [1.54, 1.807) is 18.0 Å². The van der Waals surface area contributed by atoms with Gasteiger partial charge in [-0.2, -0.15) is 0 Å². The lowest BCUT2D eigenvalue weighted by Gasteiger charge is -2.14. The number of likely N-dealkylation sites (N-methyl/N-ethyl adjacent to an activating group) is 1. The summed E-state index contributed by atoms with van der Waals surface area (Å²) in [4.78, 5) is 12.5. The van der Waals surface area contributed by atoms with Crippen molar-refractivity contribution < 1.29 is 15.0 Å². The standard InChI is InChI=1S/C11H15NO3/c1-8(13)12(2)6-5-9-3-4-10(14)11(15)7-9/h3-4,7,14-15H,5-6H2,1-2H3. The van der Waals surface area contributed by atoms with Crippen molar-refractivity contribution >= 4 is 5.91 Å². The van der Waals surface area contributed by atoms with Crippen LogP contribution in [0.2, 0.25) is 0 Å². The number of hydrogen-bond donors (Lipinski definition) is 2. The first-order valence-electron chi connectivity index (χ1n) is 4.73. The molecule has 0 heterocycles. The predicted octanol–water partition coefficient (Wildman–Crippen LogP) is 1.12. The molecule has 0 saturated carbocycles. The SMILES string of the molecule is CC(=O)N(C)CCc1ccc(O)c(O)c1. The molecule has 0 radical (unpaired) electrons. The van der Waals surface area contributed by atoms with Crippen LogP contribution in [0.5, 0.6) is 11.5 Å². The van der Waals surface area contributed by atoms with Gasteiger partial charge < -0.3 is 15.1 Å². The number of phenols is 2. The fourth-order valence-electron chi connectivity index (χ4n) is 1.18. The molecule has 0 fully saturated rings. The number of carbonyl (C=O) groups is 1. The van der Waals surface area contributed by atoms with Crippen LogP contribution in [0.25, 0.3) is 0 Å². The molecular weight excluding hydrogens is 194 g/mol. The van der Waals surface area contributed by atoms with Crippen molar-refractivity contribution in [3.8, 4) is 11.5 Å². The number of nitrogens with zero attached hydrogens (tertiary/aromatic N) is 1. The molecule has 0 spiro atoms. The smallest absolute Gasteiger partial charge is 0.219 e. The molecular formula is C11H15NO3. The summed E-state index contributed by atoms with van der Waals surface area (Å²) in [6, 6.07) is 4.67. The van der Waals surface area contributed by atoms with E-state index in [9.17, 15) is 9.90 Å². The first-order valence-corrected chi connectivity index (χ1v) is 4.73. The lowest BCUT2D eigenvalue weighted by molar-refractivity contribution is -0.127. The molecule has 0 aliphatic heterocycles. The van der Waals surface area contributed by atoms with Crippen LogP contribution < -0.4 is 0 Å². The Balaban J connectivity index is 2.58. The molecule has 0 aliphatic rings. The average molecular weight is 209 g/mol. The van der Waals surface area contributed by atoms with Gasteiger partial charge in [0.15, 0.2) is 11.5 Å².